The highest BCUT2D eigenvalue weighted by Crippen LogP contribution is 2.34. The maximum atomic E-state index is 13.0. The summed E-state index contributed by atoms with van der Waals surface area (Å²) in [5, 5.41) is 3.54. The van der Waals surface area contributed by atoms with E-state index < -0.39 is 32.0 Å². The van der Waals surface area contributed by atoms with Crippen LogP contribution in [0, 0.1) is 5.92 Å². The Hall–Kier alpha value is -2.44. The second-order valence-corrected chi connectivity index (χ2v) is 16.6. The fourth-order valence-electron chi connectivity index (χ4n) is 4.90. The van der Waals surface area contributed by atoms with Crippen molar-refractivity contribution in [3.8, 4) is 0 Å². The number of rotatable bonds is 9. The summed E-state index contributed by atoms with van der Waals surface area (Å²) < 4.78 is 46.7. The number of hydrogen-bond donors (Lipinski definition) is 2. The van der Waals surface area contributed by atoms with E-state index in [0.29, 0.717) is 67.5 Å². The molecule has 0 bridgehead atoms. The van der Waals surface area contributed by atoms with Crippen molar-refractivity contribution in [2.75, 3.05) is 19.7 Å². The molecule has 0 amide bonds. The van der Waals surface area contributed by atoms with Crippen LogP contribution in [0.2, 0.25) is 25.7 Å². The first-order chi connectivity index (χ1) is 16.9. The van der Waals surface area contributed by atoms with Gasteiger partial charge in [-0.1, -0.05) is 19.6 Å². The maximum absolute atomic E-state index is 13.0. The highest BCUT2D eigenvalue weighted by Gasteiger charge is 2.29. The average Bonchev–Trinajstić information content (AvgIpc) is 3.19. The lowest BCUT2D eigenvalue weighted by atomic mass is 9.85. The minimum atomic E-state index is -4.23. The van der Waals surface area contributed by atoms with Gasteiger partial charge in [0, 0.05) is 38.5 Å². The topological polar surface area (TPSA) is 93.9 Å². The molecule has 8 nitrogen and oxygen atoms in total. The quantitative estimate of drug-likeness (QED) is 0.322. The lowest BCUT2D eigenvalue weighted by molar-refractivity contribution is -0.125. The SMILES string of the molecule is C[Si](C)(C)CCOCn1ccc2c1ncc1c(=O)[nH]c(=O)n([C@H]3CC[C@H](CNCC(F)(F)F)CC3)c12. The molecule has 3 heterocycles. The number of hydrogen-bond acceptors (Lipinski definition) is 5. The molecule has 198 valence electrons. The number of fused-ring (bicyclic) bond motifs is 3. The van der Waals surface area contributed by atoms with E-state index in [0.717, 1.165) is 6.04 Å². The lowest BCUT2D eigenvalue weighted by Crippen LogP contribution is -2.37. The van der Waals surface area contributed by atoms with Crippen molar-refractivity contribution in [1.29, 1.82) is 0 Å². The molecule has 1 saturated carbocycles. The number of H-pyrrole nitrogens is 1. The van der Waals surface area contributed by atoms with Crippen LogP contribution in [0.3, 0.4) is 0 Å². The Labute approximate surface area is 207 Å². The number of nitrogens with zero attached hydrogens (tertiary/aromatic N) is 3. The van der Waals surface area contributed by atoms with Gasteiger partial charge in [-0.25, -0.2) is 9.78 Å². The highest BCUT2D eigenvalue weighted by molar-refractivity contribution is 6.76. The van der Waals surface area contributed by atoms with Crippen molar-refractivity contribution < 1.29 is 17.9 Å². The Morgan fingerprint density at radius 2 is 1.89 bits per heavy atom. The molecule has 3 aromatic heterocycles. The number of alkyl halides is 3. The molecular formula is C24H34F3N5O3Si. The Bertz CT molecular complexity index is 1320. The van der Waals surface area contributed by atoms with Crippen LogP contribution in [-0.4, -0.2) is 53.0 Å². The third-order valence-corrected chi connectivity index (χ3v) is 8.56. The van der Waals surface area contributed by atoms with Crippen LogP contribution in [0.1, 0.15) is 31.7 Å². The predicted molar refractivity (Wildman–Crippen MR) is 136 cm³/mol. The Kier molecular flexibility index (Phi) is 7.77. The van der Waals surface area contributed by atoms with Crippen LogP contribution in [0.4, 0.5) is 13.2 Å². The molecule has 1 fully saturated rings. The summed E-state index contributed by atoms with van der Waals surface area (Å²) in [7, 11) is -1.21. The summed E-state index contributed by atoms with van der Waals surface area (Å²) in [6, 6.07) is 2.75. The van der Waals surface area contributed by atoms with Crippen LogP contribution < -0.4 is 16.6 Å². The zero-order valence-corrected chi connectivity index (χ0v) is 22.0. The van der Waals surface area contributed by atoms with Crippen molar-refractivity contribution in [3.05, 3.63) is 39.3 Å². The summed E-state index contributed by atoms with van der Waals surface area (Å²) in [5.74, 6) is 0.115. The van der Waals surface area contributed by atoms with Gasteiger partial charge in [0.1, 0.15) is 12.4 Å². The fraction of sp³-hybridized carbons (Fsp3) is 0.625. The number of nitrogens with one attached hydrogen (secondary N) is 2. The summed E-state index contributed by atoms with van der Waals surface area (Å²) >= 11 is 0. The van der Waals surface area contributed by atoms with Gasteiger partial charge in [-0.05, 0) is 50.3 Å². The molecule has 1 aliphatic carbocycles. The summed E-state index contributed by atoms with van der Waals surface area (Å²) in [5.41, 5.74) is 0.232. The number of pyridine rings is 1. The van der Waals surface area contributed by atoms with Crippen LogP contribution in [0.25, 0.3) is 21.9 Å². The molecule has 0 spiro atoms. The molecule has 4 rings (SSSR count). The summed E-state index contributed by atoms with van der Waals surface area (Å²) in [6.45, 7) is 7.16. The van der Waals surface area contributed by atoms with Crippen molar-refractivity contribution >= 4 is 30.0 Å². The molecule has 0 atom stereocenters. The molecule has 3 aromatic rings. The van der Waals surface area contributed by atoms with E-state index >= 15 is 0 Å². The minimum Gasteiger partial charge on any atom is -0.361 e. The largest absolute Gasteiger partial charge is 0.401 e. The lowest BCUT2D eigenvalue weighted by Gasteiger charge is -2.30. The fourth-order valence-corrected chi connectivity index (χ4v) is 5.65. The summed E-state index contributed by atoms with van der Waals surface area (Å²) in [6.07, 6.45) is 1.80. The molecule has 1 aliphatic rings. The number of halogens is 3. The maximum Gasteiger partial charge on any atom is 0.401 e. The van der Waals surface area contributed by atoms with Gasteiger partial charge >= 0.3 is 11.9 Å². The molecule has 12 heteroatoms. The van der Waals surface area contributed by atoms with Crippen molar-refractivity contribution in [1.82, 2.24) is 24.4 Å². The summed E-state index contributed by atoms with van der Waals surface area (Å²) in [4.78, 5) is 32.5. The smallest absolute Gasteiger partial charge is 0.361 e. The molecule has 0 saturated heterocycles. The first kappa shape index (κ1) is 26.6. The van der Waals surface area contributed by atoms with Gasteiger partial charge in [0.25, 0.3) is 5.56 Å². The van der Waals surface area contributed by atoms with E-state index in [-0.39, 0.29) is 12.0 Å². The van der Waals surface area contributed by atoms with E-state index in [9.17, 15) is 22.8 Å². The standard InChI is InChI=1S/C24H34F3N5O3Si/c1-36(2,3)11-10-35-15-31-9-8-18-20-19(13-29-21(18)31)22(33)30-23(34)32(20)17-6-4-16(5-7-17)12-28-14-24(25,26)27/h8-9,13,16-17,28H,4-7,10-12,14-15H2,1-3H3,(H,30,33,34)/t16-,17-. The highest BCUT2D eigenvalue weighted by atomic mass is 28.3. The zero-order chi connectivity index (χ0) is 26.1. The van der Waals surface area contributed by atoms with Gasteiger partial charge in [0.15, 0.2) is 0 Å². The van der Waals surface area contributed by atoms with Gasteiger partial charge < -0.3 is 14.6 Å². The van der Waals surface area contributed by atoms with Crippen LogP contribution >= 0.6 is 0 Å². The molecule has 0 radical (unpaired) electrons. The van der Waals surface area contributed by atoms with Crippen molar-refractivity contribution in [2.24, 2.45) is 5.92 Å². The van der Waals surface area contributed by atoms with E-state index in [4.69, 9.17) is 4.74 Å². The van der Waals surface area contributed by atoms with E-state index in [1.807, 2.05) is 16.8 Å². The monoisotopic (exact) mass is 525 g/mol. The van der Waals surface area contributed by atoms with E-state index in [2.05, 4.69) is 34.9 Å². The normalized spacial score (nSPS) is 19.4. The second kappa shape index (κ2) is 10.5. The van der Waals surface area contributed by atoms with Crippen LogP contribution in [0.15, 0.2) is 28.0 Å². The van der Waals surface area contributed by atoms with Gasteiger partial charge in [-0.2, -0.15) is 13.2 Å². The number of ether oxygens (including phenoxy) is 1. The molecule has 2 N–H and O–H groups in total. The Morgan fingerprint density at radius 1 is 1.17 bits per heavy atom. The van der Waals surface area contributed by atoms with Crippen LogP contribution in [0.5, 0.6) is 0 Å². The van der Waals surface area contributed by atoms with Gasteiger partial charge in [-0.3, -0.25) is 14.3 Å². The van der Waals surface area contributed by atoms with E-state index in [1.165, 1.54) is 6.20 Å². The first-order valence-electron chi connectivity index (χ1n) is 12.4. The van der Waals surface area contributed by atoms with Crippen LogP contribution in [-0.2, 0) is 11.5 Å². The Morgan fingerprint density at radius 3 is 2.56 bits per heavy atom. The number of aromatic amines is 1. The van der Waals surface area contributed by atoms with Gasteiger partial charge in [-0.15, -0.1) is 0 Å². The molecule has 36 heavy (non-hydrogen) atoms. The van der Waals surface area contributed by atoms with Crippen molar-refractivity contribution in [2.45, 2.75) is 70.3 Å². The zero-order valence-electron chi connectivity index (χ0n) is 21.0. The molecule has 0 aromatic carbocycles. The van der Waals surface area contributed by atoms with Gasteiger partial charge in [0.05, 0.1) is 17.4 Å². The van der Waals surface area contributed by atoms with Crippen molar-refractivity contribution in [3.63, 3.8) is 0 Å². The third-order valence-electron chi connectivity index (χ3n) is 6.85. The second-order valence-electron chi connectivity index (χ2n) is 10.9. The minimum absolute atomic E-state index is 0.115. The molecular weight excluding hydrogens is 491 g/mol. The molecule has 0 unspecified atom stereocenters. The predicted octanol–water partition coefficient (Wildman–Crippen LogP) is 4.24. The van der Waals surface area contributed by atoms with E-state index in [1.54, 1.807) is 4.57 Å². The average molecular weight is 526 g/mol. The first-order valence-corrected chi connectivity index (χ1v) is 16.1. The third kappa shape index (κ3) is 6.27. The Balaban J connectivity index is 1.57. The van der Waals surface area contributed by atoms with Gasteiger partial charge in [0.2, 0.25) is 0 Å². The molecule has 0 aliphatic heterocycles. The number of aromatic nitrogens is 4.